The zero-order valence-corrected chi connectivity index (χ0v) is 12.5. The minimum absolute atomic E-state index is 0.347. The first-order valence-electron chi connectivity index (χ1n) is 7.55. The molecule has 3 nitrogen and oxygen atoms in total. The summed E-state index contributed by atoms with van der Waals surface area (Å²) in [5, 5.41) is 4.87. The van der Waals surface area contributed by atoms with E-state index < -0.39 is 0 Å². The van der Waals surface area contributed by atoms with E-state index in [0.29, 0.717) is 5.54 Å². The Labute approximate surface area is 120 Å². The third kappa shape index (κ3) is 2.48. The first kappa shape index (κ1) is 13.7. The highest BCUT2D eigenvalue weighted by Crippen LogP contribution is 2.33. The maximum atomic E-state index is 5.59. The van der Waals surface area contributed by atoms with Crippen molar-refractivity contribution in [3.63, 3.8) is 0 Å². The summed E-state index contributed by atoms with van der Waals surface area (Å²) in [4.78, 5) is 2.40. The minimum atomic E-state index is 0.347. The standard InChI is InChI=1S/C17H24N2O/c1-19(2)17(9-5-6-10-17)13-18-11-14-12-20-16-8-4-3-7-15(14)16/h3-4,7-8,12,18H,5-6,9-11,13H2,1-2H3. The Morgan fingerprint density at radius 2 is 1.95 bits per heavy atom. The fourth-order valence-corrected chi connectivity index (χ4v) is 3.41. The Bertz CT molecular complexity index is 567. The average Bonchev–Trinajstić information content (AvgIpc) is 3.07. The van der Waals surface area contributed by atoms with Crippen LogP contribution in [0.25, 0.3) is 11.0 Å². The Hall–Kier alpha value is -1.32. The van der Waals surface area contributed by atoms with E-state index in [2.05, 4.69) is 36.4 Å². The molecule has 3 rings (SSSR count). The van der Waals surface area contributed by atoms with E-state index in [1.54, 1.807) is 0 Å². The van der Waals surface area contributed by atoms with E-state index in [-0.39, 0.29) is 0 Å². The van der Waals surface area contributed by atoms with Crippen LogP contribution >= 0.6 is 0 Å². The van der Waals surface area contributed by atoms with E-state index in [1.807, 2.05) is 18.4 Å². The number of nitrogens with zero attached hydrogens (tertiary/aromatic N) is 1. The lowest BCUT2D eigenvalue weighted by Crippen LogP contribution is -2.49. The molecule has 20 heavy (non-hydrogen) atoms. The molecule has 0 saturated heterocycles. The molecule has 0 amide bonds. The molecule has 1 heterocycles. The molecule has 1 fully saturated rings. The lowest BCUT2D eigenvalue weighted by Gasteiger charge is -2.36. The van der Waals surface area contributed by atoms with Crippen molar-refractivity contribution < 1.29 is 4.42 Å². The van der Waals surface area contributed by atoms with Crippen LogP contribution in [0.5, 0.6) is 0 Å². The third-order valence-corrected chi connectivity index (χ3v) is 4.81. The summed E-state index contributed by atoms with van der Waals surface area (Å²) in [5.74, 6) is 0. The number of hydrogen-bond acceptors (Lipinski definition) is 3. The van der Waals surface area contributed by atoms with Crippen LogP contribution in [0.4, 0.5) is 0 Å². The van der Waals surface area contributed by atoms with Crippen molar-refractivity contribution in [2.24, 2.45) is 0 Å². The van der Waals surface area contributed by atoms with Crippen LogP contribution in [0, 0.1) is 0 Å². The SMILES string of the molecule is CN(C)C1(CNCc2coc3ccccc23)CCCC1. The molecule has 3 heteroatoms. The Morgan fingerprint density at radius 3 is 2.70 bits per heavy atom. The maximum Gasteiger partial charge on any atom is 0.134 e. The monoisotopic (exact) mass is 272 g/mol. The van der Waals surface area contributed by atoms with Gasteiger partial charge in [-0.2, -0.15) is 0 Å². The Kier molecular flexibility index (Phi) is 3.81. The van der Waals surface area contributed by atoms with E-state index >= 15 is 0 Å². The normalized spacial score (nSPS) is 18.1. The molecule has 0 spiro atoms. The van der Waals surface area contributed by atoms with Crippen LogP contribution in [0.15, 0.2) is 34.9 Å². The zero-order chi connectivity index (χ0) is 14.0. The molecule has 1 N–H and O–H groups in total. The summed E-state index contributed by atoms with van der Waals surface area (Å²) in [7, 11) is 4.42. The van der Waals surface area contributed by atoms with Gasteiger partial charge in [0, 0.05) is 29.6 Å². The van der Waals surface area contributed by atoms with Gasteiger partial charge in [-0.1, -0.05) is 31.0 Å². The van der Waals surface area contributed by atoms with Gasteiger partial charge in [0.1, 0.15) is 5.58 Å². The Balaban J connectivity index is 1.65. The Morgan fingerprint density at radius 1 is 1.20 bits per heavy atom. The van der Waals surface area contributed by atoms with Crippen LogP contribution in [0.3, 0.4) is 0 Å². The largest absolute Gasteiger partial charge is 0.464 e. The van der Waals surface area contributed by atoms with Crippen LogP contribution in [0.1, 0.15) is 31.2 Å². The van der Waals surface area contributed by atoms with Crippen molar-refractivity contribution in [3.05, 3.63) is 36.1 Å². The number of nitrogens with one attached hydrogen (secondary N) is 1. The molecule has 1 aromatic carbocycles. The fraction of sp³-hybridized carbons (Fsp3) is 0.529. The molecule has 1 saturated carbocycles. The topological polar surface area (TPSA) is 28.4 Å². The average molecular weight is 272 g/mol. The maximum absolute atomic E-state index is 5.59. The first-order valence-corrected chi connectivity index (χ1v) is 7.55. The van der Waals surface area contributed by atoms with Gasteiger partial charge in [0.2, 0.25) is 0 Å². The van der Waals surface area contributed by atoms with Gasteiger partial charge in [0.15, 0.2) is 0 Å². The number of furan rings is 1. The summed E-state index contributed by atoms with van der Waals surface area (Å²) in [5.41, 5.74) is 2.58. The van der Waals surface area contributed by atoms with Gasteiger partial charge in [0.05, 0.1) is 6.26 Å². The van der Waals surface area contributed by atoms with Crippen molar-refractivity contribution in [2.45, 2.75) is 37.8 Å². The second kappa shape index (κ2) is 5.58. The van der Waals surface area contributed by atoms with Crippen molar-refractivity contribution in [2.75, 3.05) is 20.6 Å². The molecule has 108 valence electrons. The van der Waals surface area contributed by atoms with Crippen LogP contribution < -0.4 is 5.32 Å². The predicted molar refractivity (Wildman–Crippen MR) is 82.8 cm³/mol. The zero-order valence-electron chi connectivity index (χ0n) is 12.5. The second-order valence-corrected chi connectivity index (χ2v) is 6.19. The molecule has 0 aliphatic heterocycles. The number of para-hydroxylation sites is 1. The molecule has 0 atom stereocenters. The molecule has 0 radical (unpaired) electrons. The van der Waals surface area contributed by atoms with E-state index in [1.165, 1.54) is 36.6 Å². The summed E-state index contributed by atoms with van der Waals surface area (Å²) < 4.78 is 5.59. The highest BCUT2D eigenvalue weighted by Gasteiger charge is 2.35. The van der Waals surface area contributed by atoms with Gasteiger partial charge < -0.3 is 14.6 Å². The second-order valence-electron chi connectivity index (χ2n) is 6.19. The molecule has 1 aliphatic carbocycles. The molecule has 1 aromatic heterocycles. The van der Waals surface area contributed by atoms with E-state index in [0.717, 1.165) is 18.7 Å². The molecule has 2 aromatic rings. The molecular formula is C17H24N2O. The number of fused-ring (bicyclic) bond motifs is 1. The van der Waals surface area contributed by atoms with Crippen molar-refractivity contribution in [1.82, 2.24) is 10.2 Å². The molecule has 0 bridgehead atoms. The van der Waals surface area contributed by atoms with Crippen LogP contribution in [0.2, 0.25) is 0 Å². The van der Waals surface area contributed by atoms with Gasteiger partial charge in [-0.25, -0.2) is 0 Å². The highest BCUT2D eigenvalue weighted by atomic mass is 16.3. The lowest BCUT2D eigenvalue weighted by atomic mass is 9.96. The van der Waals surface area contributed by atoms with Crippen molar-refractivity contribution >= 4 is 11.0 Å². The van der Waals surface area contributed by atoms with Gasteiger partial charge in [-0.3, -0.25) is 0 Å². The van der Waals surface area contributed by atoms with Gasteiger partial charge >= 0.3 is 0 Å². The molecule has 0 unspecified atom stereocenters. The quantitative estimate of drug-likeness (QED) is 0.904. The fourth-order valence-electron chi connectivity index (χ4n) is 3.41. The highest BCUT2D eigenvalue weighted by molar-refractivity contribution is 5.80. The van der Waals surface area contributed by atoms with Gasteiger partial charge in [0.25, 0.3) is 0 Å². The predicted octanol–water partition coefficient (Wildman–Crippen LogP) is 3.40. The first-order chi connectivity index (χ1) is 9.71. The minimum Gasteiger partial charge on any atom is -0.464 e. The number of likely N-dealkylation sites (N-methyl/N-ethyl adjacent to an activating group) is 1. The van der Waals surface area contributed by atoms with E-state index in [4.69, 9.17) is 4.42 Å². The van der Waals surface area contributed by atoms with Crippen molar-refractivity contribution in [3.8, 4) is 0 Å². The summed E-state index contributed by atoms with van der Waals surface area (Å²) in [6.45, 7) is 1.94. The van der Waals surface area contributed by atoms with Gasteiger partial charge in [-0.15, -0.1) is 0 Å². The molecule has 1 aliphatic rings. The van der Waals surface area contributed by atoms with Gasteiger partial charge in [-0.05, 0) is 33.0 Å². The number of benzene rings is 1. The van der Waals surface area contributed by atoms with Crippen LogP contribution in [-0.4, -0.2) is 31.1 Å². The summed E-state index contributed by atoms with van der Waals surface area (Å²) in [6, 6.07) is 8.24. The number of rotatable bonds is 5. The summed E-state index contributed by atoms with van der Waals surface area (Å²) in [6.07, 6.45) is 7.20. The summed E-state index contributed by atoms with van der Waals surface area (Å²) >= 11 is 0. The molecular weight excluding hydrogens is 248 g/mol. The number of hydrogen-bond donors (Lipinski definition) is 1. The van der Waals surface area contributed by atoms with Crippen molar-refractivity contribution in [1.29, 1.82) is 0 Å². The van der Waals surface area contributed by atoms with Crippen LogP contribution in [-0.2, 0) is 6.54 Å². The lowest BCUT2D eigenvalue weighted by molar-refractivity contribution is 0.153. The van der Waals surface area contributed by atoms with E-state index in [9.17, 15) is 0 Å². The smallest absolute Gasteiger partial charge is 0.134 e. The third-order valence-electron chi connectivity index (χ3n) is 4.81.